The highest BCUT2D eigenvalue weighted by Crippen LogP contribution is 2.33. The van der Waals surface area contributed by atoms with Crippen molar-refractivity contribution in [3.8, 4) is 5.75 Å². The molecule has 0 radical (unpaired) electrons. The Kier molecular flexibility index (Phi) is 5.08. The van der Waals surface area contributed by atoms with Crippen molar-refractivity contribution < 1.29 is 5.11 Å². The molecule has 0 bridgehead atoms. The van der Waals surface area contributed by atoms with Gasteiger partial charge in [-0.05, 0) is 76.9 Å². The van der Waals surface area contributed by atoms with Crippen LogP contribution in [0.5, 0.6) is 5.75 Å². The van der Waals surface area contributed by atoms with E-state index in [-0.39, 0.29) is 5.75 Å². The van der Waals surface area contributed by atoms with Gasteiger partial charge in [-0.3, -0.25) is 0 Å². The molecule has 0 saturated heterocycles. The van der Waals surface area contributed by atoms with E-state index in [1.807, 2.05) is 36.4 Å². The minimum absolute atomic E-state index is 0.185. The topological polar surface area (TPSA) is 45.0 Å². The number of hydrogen-bond donors (Lipinski definition) is 1. The summed E-state index contributed by atoms with van der Waals surface area (Å²) in [5, 5.41) is 18.4. The highest BCUT2D eigenvalue weighted by Gasteiger charge is 2.16. The van der Waals surface area contributed by atoms with Crippen molar-refractivity contribution in [3.63, 3.8) is 0 Å². The second-order valence-corrected chi connectivity index (χ2v) is 7.10. The third-order valence-electron chi connectivity index (χ3n) is 4.14. The lowest BCUT2D eigenvalue weighted by Crippen LogP contribution is -1.98. The van der Waals surface area contributed by atoms with Crippen molar-refractivity contribution >= 4 is 34.0 Å². The van der Waals surface area contributed by atoms with Crippen LogP contribution in [-0.4, -0.2) is 5.11 Å². The normalized spacial score (nSPS) is 15.7. The molecule has 2 aromatic rings. The molecule has 1 fully saturated rings. The standard InChI is InChI=1S/C18H19IN2O/c19-15-6-8-16(9-7-15)20-21-17-12-14(5-10-18(17)22)11-13-3-1-2-4-13/h5-10,12-13,22H,1-4,11H2. The van der Waals surface area contributed by atoms with Crippen LogP contribution in [0.15, 0.2) is 52.7 Å². The van der Waals surface area contributed by atoms with Crippen LogP contribution in [0.1, 0.15) is 31.2 Å². The molecule has 4 heteroatoms. The van der Waals surface area contributed by atoms with Crippen molar-refractivity contribution in [2.45, 2.75) is 32.1 Å². The lowest BCUT2D eigenvalue weighted by atomic mass is 9.98. The number of aromatic hydroxyl groups is 1. The molecule has 1 aliphatic carbocycles. The van der Waals surface area contributed by atoms with Gasteiger partial charge in [0.1, 0.15) is 11.4 Å². The Morgan fingerprint density at radius 1 is 1.00 bits per heavy atom. The fourth-order valence-electron chi connectivity index (χ4n) is 2.94. The summed E-state index contributed by atoms with van der Waals surface area (Å²) in [5.41, 5.74) is 2.58. The summed E-state index contributed by atoms with van der Waals surface area (Å²) in [6.45, 7) is 0. The van der Waals surface area contributed by atoms with E-state index in [1.54, 1.807) is 6.07 Å². The second kappa shape index (κ2) is 7.22. The van der Waals surface area contributed by atoms with Gasteiger partial charge in [-0.15, -0.1) is 5.11 Å². The second-order valence-electron chi connectivity index (χ2n) is 5.85. The van der Waals surface area contributed by atoms with Crippen LogP contribution >= 0.6 is 22.6 Å². The molecule has 0 atom stereocenters. The van der Waals surface area contributed by atoms with E-state index >= 15 is 0 Å². The van der Waals surface area contributed by atoms with Crippen molar-refractivity contribution in [3.05, 3.63) is 51.6 Å². The molecule has 1 N–H and O–H groups in total. The van der Waals surface area contributed by atoms with Gasteiger partial charge in [0.2, 0.25) is 0 Å². The van der Waals surface area contributed by atoms with Crippen LogP contribution in [-0.2, 0) is 6.42 Å². The Balaban J connectivity index is 1.75. The summed E-state index contributed by atoms with van der Waals surface area (Å²) in [6.07, 6.45) is 6.41. The number of halogens is 1. The minimum atomic E-state index is 0.185. The monoisotopic (exact) mass is 406 g/mol. The van der Waals surface area contributed by atoms with Crippen molar-refractivity contribution in [2.75, 3.05) is 0 Å². The zero-order valence-electron chi connectivity index (χ0n) is 12.4. The van der Waals surface area contributed by atoms with Gasteiger partial charge in [0, 0.05) is 3.57 Å². The predicted molar refractivity (Wildman–Crippen MR) is 97.1 cm³/mol. The summed E-state index contributed by atoms with van der Waals surface area (Å²) >= 11 is 2.26. The van der Waals surface area contributed by atoms with Crippen LogP contribution in [0.25, 0.3) is 0 Å². The summed E-state index contributed by atoms with van der Waals surface area (Å²) in [7, 11) is 0. The van der Waals surface area contributed by atoms with Crippen LogP contribution in [0.3, 0.4) is 0 Å². The SMILES string of the molecule is Oc1ccc(CC2CCCC2)cc1N=Nc1ccc(I)cc1. The molecular weight excluding hydrogens is 387 g/mol. The average Bonchev–Trinajstić information content (AvgIpc) is 3.02. The smallest absolute Gasteiger partial charge is 0.143 e. The maximum atomic E-state index is 9.96. The van der Waals surface area contributed by atoms with Gasteiger partial charge in [-0.2, -0.15) is 5.11 Å². The first-order valence-corrected chi connectivity index (χ1v) is 8.78. The van der Waals surface area contributed by atoms with E-state index in [9.17, 15) is 5.11 Å². The molecule has 0 aliphatic heterocycles. The fraction of sp³-hybridized carbons (Fsp3) is 0.333. The lowest BCUT2D eigenvalue weighted by molar-refractivity contribution is 0.475. The highest BCUT2D eigenvalue weighted by atomic mass is 127. The van der Waals surface area contributed by atoms with E-state index in [0.717, 1.165) is 21.6 Å². The van der Waals surface area contributed by atoms with Crippen molar-refractivity contribution in [1.82, 2.24) is 0 Å². The Hall–Kier alpha value is -1.43. The van der Waals surface area contributed by atoms with E-state index < -0.39 is 0 Å². The maximum absolute atomic E-state index is 9.96. The molecule has 114 valence electrons. The third kappa shape index (κ3) is 4.06. The fourth-order valence-corrected chi connectivity index (χ4v) is 3.30. The summed E-state index contributed by atoms with van der Waals surface area (Å²) < 4.78 is 1.16. The molecule has 2 aromatic carbocycles. The predicted octanol–water partition coefficient (Wildman–Crippen LogP) is 6.14. The number of rotatable bonds is 4. The van der Waals surface area contributed by atoms with Gasteiger partial charge in [0.05, 0.1) is 5.69 Å². The Morgan fingerprint density at radius 2 is 1.73 bits per heavy atom. The van der Waals surface area contributed by atoms with Gasteiger partial charge in [0.25, 0.3) is 0 Å². The van der Waals surface area contributed by atoms with Crippen LogP contribution in [0.2, 0.25) is 0 Å². The minimum Gasteiger partial charge on any atom is -0.506 e. The number of nitrogens with zero attached hydrogens (tertiary/aromatic N) is 2. The number of azo groups is 1. The molecule has 0 unspecified atom stereocenters. The molecule has 0 amide bonds. The molecular formula is C18H19IN2O. The van der Waals surface area contributed by atoms with E-state index in [2.05, 4.69) is 32.8 Å². The first kappa shape index (κ1) is 15.5. The molecule has 1 saturated carbocycles. The average molecular weight is 406 g/mol. The highest BCUT2D eigenvalue weighted by molar-refractivity contribution is 14.1. The molecule has 22 heavy (non-hydrogen) atoms. The van der Waals surface area contributed by atoms with E-state index in [4.69, 9.17) is 0 Å². The number of phenolic OH excluding ortho intramolecular Hbond substituents is 1. The van der Waals surface area contributed by atoms with Gasteiger partial charge in [0.15, 0.2) is 0 Å². The summed E-state index contributed by atoms with van der Waals surface area (Å²) in [4.78, 5) is 0. The van der Waals surface area contributed by atoms with Gasteiger partial charge < -0.3 is 5.11 Å². The van der Waals surface area contributed by atoms with E-state index in [1.165, 1.54) is 31.2 Å². The molecule has 0 spiro atoms. The molecule has 0 heterocycles. The maximum Gasteiger partial charge on any atom is 0.143 e. The Morgan fingerprint density at radius 3 is 2.45 bits per heavy atom. The number of phenols is 1. The number of hydrogen-bond acceptors (Lipinski definition) is 3. The van der Waals surface area contributed by atoms with Crippen LogP contribution in [0.4, 0.5) is 11.4 Å². The zero-order valence-corrected chi connectivity index (χ0v) is 14.5. The summed E-state index contributed by atoms with van der Waals surface area (Å²) in [5.74, 6) is 0.968. The van der Waals surface area contributed by atoms with Crippen LogP contribution in [0, 0.1) is 9.49 Å². The molecule has 1 aliphatic rings. The van der Waals surface area contributed by atoms with Crippen molar-refractivity contribution in [1.29, 1.82) is 0 Å². The molecule has 3 rings (SSSR count). The Labute approximate surface area is 144 Å². The first-order valence-electron chi connectivity index (χ1n) is 7.70. The number of benzene rings is 2. The van der Waals surface area contributed by atoms with Crippen molar-refractivity contribution in [2.24, 2.45) is 16.1 Å². The summed E-state index contributed by atoms with van der Waals surface area (Å²) in [6, 6.07) is 13.5. The Bertz CT molecular complexity index is 661. The zero-order chi connectivity index (χ0) is 15.4. The molecule has 3 nitrogen and oxygen atoms in total. The van der Waals surface area contributed by atoms with Crippen LogP contribution < -0.4 is 0 Å². The van der Waals surface area contributed by atoms with Gasteiger partial charge in [-0.25, -0.2) is 0 Å². The third-order valence-corrected chi connectivity index (χ3v) is 4.86. The quantitative estimate of drug-likeness (QED) is 0.481. The van der Waals surface area contributed by atoms with E-state index in [0.29, 0.717) is 5.69 Å². The lowest BCUT2D eigenvalue weighted by Gasteiger charge is -2.09. The first-order chi connectivity index (χ1) is 10.7. The molecule has 0 aromatic heterocycles. The largest absolute Gasteiger partial charge is 0.506 e. The van der Waals surface area contributed by atoms with Gasteiger partial charge in [-0.1, -0.05) is 31.7 Å². The van der Waals surface area contributed by atoms with Gasteiger partial charge >= 0.3 is 0 Å².